The van der Waals surface area contributed by atoms with Crippen LogP contribution in [-0.2, 0) is 35.0 Å². The summed E-state index contributed by atoms with van der Waals surface area (Å²) in [6.07, 6.45) is 4.79. The molecule has 254 valence electrons. The van der Waals surface area contributed by atoms with Crippen molar-refractivity contribution in [3.8, 4) is 11.5 Å². The van der Waals surface area contributed by atoms with Gasteiger partial charge in [-0.15, -0.1) is 0 Å². The third-order valence-corrected chi connectivity index (χ3v) is 9.95. The number of rotatable bonds is 11. The lowest BCUT2D eigenvalue weighted by Gasteiger charge is -2.39. The van der Waals surface area contributed by atoms with Gasteiger partial charge >= 0.3 is 17.9 Å². The standard InChI is InChI=1S/C34H42N2O11/c1-20-23(18-35-47-20)30(38)46-32(2,3)9-6-11-34(40,17-27(37)42-5)31(39)45-29-26(41-4)16-33-10-7-12-36(33)13-8-21-14-24-25(44-19-43-24)15-22(21)28(29)33/h14-16,18,28-29,40H,6-13,17,19H2,1-5H3/t28-,29-,33+,34-/m1/s1. The Morgan fingerprint density at radius 1 is 1.13 bits per heavy atom. The second kappa shape index (κ2) is 12.5. The molecule has 1 spiro atoms. The monoisotopic (exact) mass is 654 g/mol. The Morgan fingerprint density at radius 2 is 1.89 bits per heavy atom. The number of aryl methyl sites for hydroxylation is 1. The third kappa shape index (κ3) is 6.06. The fraction of sp³-hybridized carbons (Fsp3) is 0.588. The fourth-order valence-corrected chi connectivity index (χ4v) is 7.55. The van der Waals surface area contributed by atoms with Crippen molar-refractivity contribution in [3.05, 3.63) is 52.6 Å². The molecule has 4 atom stereocenters. The molecule has 0 radical (unpaired) electrons. The summed E-state index contributed by atoms with van der Waals surface area (Å²) in [4.78, 5) is 41.7. The van der Waals surface area contributed by atoms with Crippen molar-refractivity contribution in [2.45, 2.75) is 94.5 Å². The SMILES string of the molecule is COC(=O)C[C@](O)(CCCC(C)(C)OC(=O)c1cnoc1C)C(=O)O[C@@H]1C(OC)=C[C@]23CCCN2CCc2cc4c(cc2[C@H]13)OCO4. The molecule has 1 saturated heterocycles. The zero-order valence-electron chi connectivity index (χ0n) is 27.5. The van der Waals surface area contributed by atoms with Crippen LogP contribution in [0.25, 0.3) is 0 Å². The van der Waals surface area contributed by atoms with E-state index < -0.39 is 47.2 Å². The molecule has 13 heteroatoms. The van der Waals surface area contributed by atoms with Crippen LogP contribution in [0.4, 0.5) is 0 Å². The van der Waals surface area contributed by atoms with Crippen LogP contribution in [0.15, 0.2) is 34.7 Å². The number of esters is 3. The van der Waals surface area contributed by atoms with E-state index in [1.165, 1.54) is 13.3 Å². The molecule has 1 aliphatic carbocycles. The summed E-state index contributed by atoms with van der Waals surface area (Å²) in [6, 6.07) is 3.98. The number of hydrogen-bond donors (Lipinski definition) is 1. The minimum absolute atomic E-state index is 0.136. The molecule has 1 N–H and O–H groups in total. The Bertz CT molecular complexity index is 1580. The molecule has 0 unspecified atom stereocenters. The van der Waals surface area contributed by atoms with Crippen molar-refractivity contribution in [1.82, 2.24) is 10.1 Å². The Hall–Kier alpha value is -4.10. The van der Waals surface area contributed by atoms with E-state index in [1.807, 2.05) is 12.1 Å². The highest BCUT2D eigenvalue weighted by Gasteiger charge is 2.59. The van der Waals surface area contributed by atoms with Crippen LogP contribution in [0.2, 0.25) is 0 Å². The Morgan fingerprint density at radius 3 is 2.60 bits per heavy atom. The summed E-state index contributed by atoms with van der Waals surface area (Å²) < 4.78 is 39.0. The third-order valence-electron chi connectivity index (χ3n) is 9.95. The number of ether oxygens (including phenoxy) is 6. The van der Waals surface area contributed by atoms with Crippen LogP contribution in [0.5, 0.6) is 11.5 Å². The smallest absolute Gasteiger partial charge is 0.343 e. The first-order valence-electron chi connectivity index (χ1n) is 16.0. The highest BCUT2D eigenvalue weighted by Crippen LogP contribution is 2.55. The largest absolute Gasteiger partial charge is 0.497 e. The molecule has 0 bridgehead atoms. The Balaban J connectivity index is 1.24. The van der Waals surface area contributed by atoms with Gasteiger partial charge in [-0.3, -0.25) is 9.69 Å². The number of nitrogens with zero attached hydrogens (tertiary/aromatic N) is 2. The second-order valence-electron chi connectivity index (χ2n) is 13.4. The van der Waals surface area contributed by atoms with E-state index in [2.05, 4.69) is 16.1 Å². The van der Waals surface area contributed by atoms with Gasteiger partial charge in [-0.25, -0.2) is 9.59 Å². The van der Waals surface area contributed by atoms with Gasteiger partial charge in [-0.05, 0) is 95.2 Å². The summed E-state index contributed by atoms with van der Waals surface area (Å²) in [5.41, 5.74) is -1.39. The van der Waals surface area contributed by atoms with Crippen molar-refractivity contribution >= 4 is 17.9 Å². The van der Waals surface area contributed by atoms with Crippen molar-refractivity contribution in [3.63, 3.8) is 0 Å². The summed E-state index contributed by atoms with van der Waals surface area (Å²) in [5.74, 6) is -0.539. The van der Waals surface area contributed by atoms with Crippen molar-refractivity contribution in [1.29, 1.82) is 0 Å². The lowest BCUT2D eigenvalue weighted by molar-refractivity contribution is -0.178. The highest BCUT2D eigenvalue weighted by atomic mass is 16.7. The van der Waals surface area contributed by atoms with Crippen molar-refractivity contribution in [2.75, 3.05) is 34.1 Å². The molecule has 4 aliphatic rings. The molecule has 4 heterocycles. The zero-order chi connectivity index (χ0) is 33.6. The minimum Gasteiger partial charge on any atom is -0.497 e. The molecule has 1 aromatic carbocycles. The van der Waals surface area contributed by atoms with Crippen LogP contribution < -0.4 is 9.47 Å². The summed E-state index contributed by atoms with van der Waals surface area (Å²) in [5, 5.41) is 15.4. The maximum atomic E-state index is 14.1. The number of benzene rings is 1. The first-order valence-corrected chi connectivity index (χ1v) is 16.0. The minimum atomic E-state index is -2.22. The Kier molecular flexibility index (Phi) is 8.73. The molecule has 47 heavy (non-hydrogen) atoms. The number of aliphatic hydroxyl groups is 1. The summed E-state index contributed by atoms with van der Waals surface area (Å²) in [6.45, 7) is 6.88. The maximum Gasteiger partial charge on any atom is 0.343 e. The predicted octanol–water partition coefficient (Wildman–Crippen LogP) is 3.74. The van der Waals surface area contributed by atoms with Crippen LogP contribution in [0.3, 0.4) is 0 Å². The molecular weight excluding hydrogens is 612 g/mol. The van der Waals surface area contributed by atoms with Crippen LogP contribution in [0.1, 0.15) is 85.5 Å². The molecular formula is C34H42N2O11. The van der Waals surface area contributed by atoms with E-state index in [-0.39, 0.29) is 37.5 Å². The topological polar surface area (TPSA) is 156 Å². The number of carbonyl (C=O) groups is 3. The lowest BCUT2D eigenvalue weighted by atomic mass is 9.77. The van der Waals surface area contributed by atoms with Crippen molar-refractivity contribution < 1.29 is 52.4 Å². The summed E-state index contributed by atoms with van der Waals surface area (Å²) >= 11 is 0. The average Bonchev–Trinajstić information content (AvgIpc) is 3.81. The predicted molar refractivity (Wildman–Crippen MR) is 164 cm³/mol. The average molecular weight is 655 g/mol. The van der Waals surface area contributed by atoms with Gasteiger partial charge in [-0.2, -0.15) is 0 Å². The fourth-order valence-electron chi connectivity index (χ4n) is 7.55. The van der Waals surface area contributed by atoms with Crippen LogP contribution in [0, 0.1) is 6.92 Å². The molecule has 13 nitrogen and oxygen atoms in total. The van der Waals surface area contributed by atoms with Gasteiger partial charge in [0.05, 0.1) is 38.3 Å². The van der Waals surface area contributed by atoms with E-state index in [0.717, 1.165) is 43.5 Å². The molecule has 2 aromatic rings. The quantitative estimate of drug-likeness (QED) is 0.276. The first-order chi connectivity index (χ1) is 22.4. The lowest BCUT2D eigenvalue weighted by Crippen LogP contribution is -2.49. The van der Waals surface area contributed by atoms with E-state index in [0.29, 0.717) is 23.0 Å². The van der Waals surface area contributed by atoms with E-state index >= 15 is 0 Å². The molecule has 0 amide bonds. The normalized spacial score (nSPS) is 24.3. The first kappa shape index (κ1) is 32.8. The van der Waals surface area contributed by atoms with E-state index in [4.69, 9.17) is 32.9 Å². The Labute approximate surface area is 273 Å². The number of aromatic nitrogens is 1. The maximum absolute atomic E-state index is 14.1. The molecule has 0 saturated carbocycles. The number of carbonyl (C=O) groups excluding carboxylic acids is 3. The van der Waals surface area contributed by atoms with Gasteiger partial charge in [0.1, 0.15) is 22.7 Å². The number of hydrogen-bond acceptors (Lipinski definition) is 13. The zero-order valence-corrected chi connectivity index (χ0v) is 27.5. The molecule has 6 rings (SSSR count). The molecule has 1 fully saturated rings. The van der Waals surface area contributed by atoms with E-state index in [1.54, 1.807) is 27.9 Å². The molecule has 1 aromatic heterocycles. The highest BCUT2D eigenvalue weighted by molar-refractivity contribution is 5.90. The molecule has 3 aliphatic heterocycles. The van der Waals surface area contributed by atoms with Gasteiger partial charge in [0.25, 0.3) is 0 Å². The van der Waals surface area contributed by atoms with Gasteiger partial charge in [0.15, 0.2) is 23.2 Å². The van der Waals surface area contributed by atoms with Gasteiger partial charge in [0.2, 0.25) is 6.79 Å². The van der Waals surface area contributed by atoms with Crippen molar-refractivity contribution in [2.24, 2.45) is 0 Å². The van der Waals surface area contributed by atoms with Crippen LogP contribution >= 0.6 is 0 Å². The van der Waals surface area contributed by atoms with Gasteiger partial charge in [0, 0.05) is 6.54 Å². The summed E-state index contributed by atoms with van der Waals surface area (Å²) in [7, 11) is 2.73. The van der Waals surface area contributed by atoms with Gasteiger partial charge in [-0.1, -0.05) is 5.16 Å². The number of methoxy groups -OCH3 is 2. The van der Waals surface area contributed by atoms with Gasteiger partial charge < -0.3 is 38.1 Å². The second-order valence-corrected chi connectivity index (χ2v) is 13.4. The van der Waals surface area contributed by atoms with E-state index in [9.17, 15) is 19.5 Å². The van der Waals surface area contributed by atoms with Crippen LogP contribution in [-0.4, -0.2) is 90.0 Å². The number of fused-ring (bicyclic) bond motifs is 3.